The summed E-state index contributed by atoms with van der Waals surface area (Å²) in [6.07, 6.45) is 1.79. The van der Waals surface area contributed by atoms with Crippen molar-refractivity contribution in [2.75, 3.05) is 19.7 Å². The van der Waals surface area contributed by atoms with Crippen LogP contribution in [0.25, 0.3) is 0 Å². The lowest BCUT2D eigenvalue weighted by Crippen LogP contribution is -2.47. The second-order valence-electron chi connectivity index (χ2n) is 6.82. The Kier molecular flexibility index (Phi) is 4.39. The standard InChI is InChI=1S/C19H18FNO5S/c20-12-1-2-13(14(22)10-12)17(23)21-6-4-19(5-7-21)16-11(3-8-26-19)9-15(27-16)18(24)25/h1-2,9-10,22H,3-8H2,(H,24,25). The summed E-state index contributed by atoms with van der Waals surface area (Å²) in [5.41, 5.74) is 0.523. The van der Waals surface area contributed by atoms with E-state index in [1.54, 1.807) is 11.0 Å². The maximum absolute atomic E-state index is 13.1. The van der Waals surface area contributed by atoms with Crippen molar-refractivity contribution in [2.45, 2.75) is 24.9 Å². The van der Waals surface area contributed by atoms with Crippen LogP contribution in [0.1, 0.15) is 43.3 Å². The molecule has 0 radical (unpaired) electrons. The van der Waals surface area contributed by atoms with E-state index in [4.69, 9.17) is 4.74 Å². The van der Waals surface area contributed by atoms with Gasteiger partial charge in [0.15, 0.2) is 0 Å². The predicted molar refractivity (Wildman–Crippen MR) is 95.8 cm³/mol. The summed E-state index contributed by atoms with van der Waals surface area (Å²) < 4.78 is 19.2. The number of benzene rings is 1. The number of hydrogen-bond donors (Lipinski definition) is 2. The van der Waals surface area contributed by atoms with Gasteiger partial charge in [-0.1, -0.05) is 0 Å². The monoisotopic (exact) mass is 391 g/mol. The van der Waals surface area contributed by atoms with Crippen LogP contribution in [0, 0.1) is 5.82 Å². The van der Waals surface area contributed by atoms with Crippen molar-refractivity contribution in [1.29, 1.82) is 0 Å². The van der Waals surface area contributed by atoms with Gasteiger partial charge < -0.3 is 19.8 Å². The first-order chi connectivity index (χ1) is 12.9. The summed E-state index contributed by atoms with van der Waals surface area (Å²) >= 11 is 1.25. The molecule has 8 heteroatoms. The number of carboxylic acid groups (broad SMARTS) is 1. The molecule has 0 saturated carbocycles. The van der Waals surface area contributed by atoms with Crippen LogP contribution in [0.2, 0.25) is 0 Å². The van der Waals surface area contributed by atoms with Crippen LogP contribution >= 0.6 is 11.3 Å². The molecule has 27 heavy (non-hydrogen) atoms. The molecule has 142 valence electrons. The van der Waals surface area contributed by atoms with Gasteiger partial charge in [0.2, 0.25) is 0 Å². The third-order valence-corrected chi connectivity index (χ3v) is 6.58. The normalized spacial score (nSPS) is 18.3. The lowest BCUT2D eigenvalue weighted by molar-refractivity contribution is -0.0906. The molecule has 2 aliphatic rings. The number of amides is 1. The van der Waals surface area contributed by atoms with Gasteiger partial charge in [-0.15, -0.1) is 11.3 Å². The smallest absolute Gasteiger partial charge is 0.345 e. The summed E-state index contributed by atoms with van der Waals surface area (Å²) in [5, 5.41) is 19.1. The molecule has 2 aliphatic heterocycles. The Morgan fingerprint density at radius 3 is 2.63 bits per heavy atom. The maximum Gasteiger partial charge on any atom is 0.345 e. The van der Waals surface area contributed by atoms with Crippen molar-refractivity contribution in [3.8, 4) is 5.75 Å². The Labute approximate surface area is 158 Å². The van der Waals surface area contributed by atoms with Gasteiger partial charge in [-0.2, -0.15) is 0 Å². The molecule has 0 atom stereocenters. The lowest BCUT2D eigenvalue weighted by atomic mass is 9.85. The highest BCUT2D eigenvalue weighted by molar-refractivity contribution is 7.14. The van der Waals surface area contributed by atoms with Gasteiger partial charge >= 0.3 is 5.97 Å². The number of phenolic OH excluding ortho intramolecular Hbond substituents is 1. The number of hydrogen-bond acceptors (Lipinski definition) is 5. The van der Waals surface area contributed by atoms with Crippen LogP contribution in [0.15, 0.2) is 24.3 Å². The average Bonchev–Trinajstić information content (AvgIpc) is 3.08. The molecule has 1 amide bonds. The molecule has 1 saturated heterocycles. The van der Waals surface area contributed by atoms with Gasteiger partial charge in [-0.25, -0.2) is 9.18 Å². The SMILES string of the molecule is O=C(O)c1cc2c(s1)C1(CCN(C(=O)c3ccc(F)cc3O)CC1)OCC2. The van der Waals surface area contributed by atoms with Crippen LogP contribution in [0.3, 0.4) is 0 Å². The molecule has 0 aliphatic carbocycles. The van der Waals surface area contributed by atoms with Gasteiger partial charge in [0, 0.05) is 24.0 Å². The molecule has 2 N–H and O–H groups in total. The van der Waals surface area contributed by atoms with Gasteiger partial charge in [0.1, 0.15) is 22.0 Å². The maximum atomic E-state index is 13.1. The largest absolute Gasteiger partial charge is 0.507 e. The van der Waals surface area contributed by atoms with E-state index < -0.39 is 17.4 Å². The quantitative estimate of drug-likeness (QED) is 0.822. The summed E-state index contributed by atoms with van der Waals surface area (Å²) in [6, 6.07) is 5.08. The Bertz CT molecular complexity index is 917. The minimum atomic E-state index is -0.941. The number of thiophene rings is 1. The van der Waals surface area contributed by atoms with E-state index in [9.17, 15) is 24.2 Å². The zero-order valence-corrected chi connectivity index (χ0v) is 15.2. The third kappa shape index (κ3) is 3.08. The molecule has 3 heterocycles. The number of carboxylic acids is 1. The van der Waals surface area contributed by atoms with E-state index in [1.165, 1.54) is 17.4 Å². The Balaban J connectivity index is 1.54. The molecule has 4 rings (SSSR count). The molecular weight excluding hydrogens is 373 g/mol. The van der Waals surface area contributed by atoms with E-state index >= 15 is 0 Å². The number of rotatable bonds is 2. The first kappa shape index (κ1) is 17.9. The van der Waals surface area contributed by atoms with Crippen LogP contribution in [0.5, 0.6) is 5.75 Å². The second-order valence-corrected chi connectivity index (χ2v) is 7.87. The zero-order chi connectivity index (χ0) is 19.2. The van der Waals surface area contributed by atoms with E-state index in [2.05, 4.69) is 0 Å². The minimum absolute atomic E-state index is 0.0712. The third-order valence-electron chi connectivity index (χ3n) is 5.23. The predicted octanol–water partition coefficient (Wildman–Crippen LogP) is 3.00. The number of likely N-dealkylation sites (tertiary alicyclic amines) is 1. The fraction of sp³-hybridized carbons (Fsp3) is 0.368. The number of fused-ring (bicyclic) bond motifs is 2. The van der Waals surface area contributed by atoms with Gasteiger partial charge in [0.25, 0.3) is 5.91 Å². The Morgan fingerprint density at radius 2 is 1.96 bits per heavy atom. The first-order valence-electron chi connectivity index (χ1n) is 8.68. The molecule has 1 aromatic carbocycles. The lowest BCUT2D eigenvalue weighted by Gasteiger charge is -2.43. The van der Waals surface area contributed by atoms with E-state index in [0.29, 0.717) is 43.8 Å². The van der Waals surface area contributed by atoms with Gasteiger partial charge in [0.05, 0.1) is 12.2 Å². The minimum Gasteiger partial charge on any atom is -0.507 e. The van der Waals surface area contributed by atoms with Crippen molar-refractivity contribution in [2.24, 2.45) is 0 Å². The molecule has 1 spiro atoms. The molecule has 0 bridgehead atoms. The number of phenols is 1. The fourth-order valence-corrected chi connectivity index (χ4v) is 5.08. The molecule has 2 aromatic rings. The zero-order valence-electron chi connectivity index (χ0n) is 14.4. The molecule has 6 nitrogen and oxygen atoms in total. The fourth-order valence-electron chi connectivity index (χ4n) is 3.83. The van der Waals surface area contributed by atoms with E-state index in [-0.39, 0.29) is 17.2 Å². The molecule has 1 fully saturated rings. The van der Waals surface area contributed by atoms with Crippen molar-refractivity contribution in [3.63, 3.8) is 0 Å². The number of carbonyl (C=O) groups excluding carboxylic acids is 1. The van der Waals surface area contributed by atoms with Gasteiger partial charge in [-0.3, -0.25) is 4.79 Å². The molecule has 1 aromatic heterocycles. The van der Waals surface area contributed by atoms with Crippen molar-refractivity contribution in [3.05, 3.63) is 51.0 Å². The van der Waals surface area contributed by atoms with Crippen LogP contribution < -0.4 is 0 Å². The van der Waals surface area contributed by atoms with Crippen molar-refractivity contribution >= 4 is 23.2 Å². The highest BCUT2D eigenvalue weighted by atomic mass is 32.1. The highest BCUT2D eigenvalue weighted by Crippen LogP contribution is 2.45. The van der Waals surface area contributed by atoms with Crippen molar-refractivity contribution < 1.29 is 28.9 Å². The number of aromatic hydroxyl groups is 1. The van der Waals surface area contributed by atoms with E-state index in [0.717, 1.165) is 22.6 Å². The van der Waals surface area contributed by atoms with Gasteiger partial charge in [-0.05, 0) is 43.0 Å². The topological polar surface area (TPSA) is 87.1 Å². The molecule has 0 unspecified atom stereocenters. The van der Waals surface area contributed by atoms with Crippen LogP contribution in [-0.4, -0.2) is 46.7 Å². The Morgan fingerprint density at radius 1 is 1.22 bits per heavy atom. The Hall–Kier alpha value is -2.45. The van der Waals surface area contributed by atoms with Crippen LogP contribution in [0.4, 0.5) is 4.39 Å². The summed E-state index contributed by atoms with van der Waals surface area (Å²) in [6.45, 7) is 1.35. The number of halogens is 1. The first-order valence-corrected chi connectivity index (χ1v) is 9.49. The highest BCUT2D eigenvalue weighted by Gasteiger charge is 2.43. The van der Waals surface area contributed by atoms with Crippen LogP contribution in [-0.2, 0) is 16.8 Å². The second kappa shape index (κ2) is 6.61. The van der Waals surface area contributed by atoms with E-state index in [1.807, 2.05) is 0 Å². The van der Waals surface area contributed by atoms with Crippen molar-refractivity contribution in [1.82, 2.24) is 4.90 Å². The number of carbonyl (C=O) groups is 2. The number of ether oxygens (including phenoxy) is 1. The molecular formula is C19H18FNO5S. The summed E-state index contributed by atoms with van der Waals surface area (Å²) in [5.74, 6) is -2.27. The number of piperidine rings is 1. The summed E-state index contributed by atoms with van der Waals surface area (Å²) in [4.78, 5) is 26.8. The number of nitrogens with zero attached hydrogens (tertiary/aromatic N) is 1. The summed E-state index contributed by atoms with van der Waals surface area (Å²) in [7, 11) is 0. The average molecular weight is 391 g/mol. The number of aromatic carboxylic acids is 1.